The van der Waals surface area contributed by atoms with E-state index >= 15 is 0 Å². The summed E-state index contributed by atoms with van der Waals surface area (Å²) in [4.78, 5) is 31.8. The number of thiophene rings is 1. The summed E-state index contributed by atoms with van der Waals surface area (Å²) in [6.45, 7) is 7.53. The summed E-state index contributed by atoms with van der Waals surface area (Å²) >= 11 is 8.08. The molecule has 0 unspecified atom stereocenters. The van der Waals surface area contributed by atoms with Gasteiger partial charge in [-0.3, -0.25) is 4.90 Å². The van der Waals surface area contributed by atoms with E-state index in [0.717, 1.165) is 88.2 Å². The van der Waals surface area contributed by atoms with Crippen molar-refractivity contribution in [3.63, 3.8) is 0 Å². The molecule has 0 spiro atoms. The summed E-state index contributed by atoms with van der Waals surface area (Å²) < 4.78 is 0. The predicted octanol–water partition coefficient (Wildman–Crippen LogP) is 4.36. The standard InChI is InChI=1S/C24H40N8O4.C14H14ClNS.ClH/c33-15-11-31(12-16-34)23-26-20-19(21(27-23)29-7-3-1-4-8-29)25-24(32(13-17-35)14-18-36)28-22(20)30-9-5-2-6-10-30;15-13-4-2-1-3-11(13)9-16-7-5-14-12(10-16)6-8-17-14;/h33-36H,1-18H2;1-4,6,8H,5,7,9-10H2;1H. The molecule has 0 bridgehead atoms. The fraction of sp³-hybridized carbons (Fsp3) is 0.579. The molecule has 0 aliphatic carbocycles. The van der Waals surface area contributed by atoms with Crippen LogP contribution in [0.3, 0.4) is 0 Å². The van der Waals surface area contributed by atoms with E-state index in [1.54, 1.807) is 14.7 Å². The normalized spacial score (nSPS) is 16.0. The number of anilines is 4. The number of rotatable bonds is 14. The quantitative estimate of drug-likeness (QED) is 0.143. The van der Waals surface area contributed by atoms with Gasteiger partial charge in [-0.15, -0.1) is 23.7 Å². The summed E-state index contributed by atoms with van der Waals surface area (Å²) in [5.41, 5.74) is 4.03. The van der Waals surface area contributed by atoms with Crippen LogP contribution in [0.25, 0.3) is 11.0 Å². The molecule has 0 radical (unpaired) electrons. The number of halogens is 2. The molecule has 3 aliphatic rings. The van der Waals surface area contributed by atoms with Crippen molar-refractivity contribution in [2.45, 2.75) is 58.0 Å². The molecule has 4 N–H and O–H groups in total. The maximum atomic E-state index is 9.64. The van der Waals surface area contributed by atoms with E-state index in [4.69, 9.17) is 31.5 Å². The first-order valence-electron chi connectivity index (χ1n) is 19.1. The molecule has 16 heteroatoms. The highest BCUT2D eigenvalue weighted by Gasteiger charge is 2.27. The van der Waals surface area contributed by atoms with Crippen molar-refractivity contribution in [2.75, 3.05) is 105 Å². The Morgan fingerprint density at radius 1 is 0.648 bits per heavy atom. The zero-order chi connectivity index (χ0) is 37.0. The molecule has 3 aromatic heterocycles. The van der Waals surface area contributed by atoms with Crippen LogP contribution in [-0.4, -0.2) is 131 Å². The third kappa shape index (κ3) is 10.6. The maximum absolute atomic E-state index is 9.64. The van der Waals surface area contributed by atoms with Crippen LogP contribution in [0.5, 0.6) is 0 Å². The van der Waals surface area contributed by atoms with Gasteiger partial charge in [0.2, 0.25) is 11.9 Å². The van der Waals surface area contributed by atoms with Crippen LogP contribution in [-0.2, 0) is 19.5 Å². The van der Waals surface area contributed by atoms with Crippen LogP contribution in [0.15, 0.2) is 35.7 Å². The second-order valence-electron chi connectivity index (χ2n) is 13.8. The van der Waals surface area contributed by atoms with E-state index < -0.39 is 0 Å². The molecule has 54 heavy (non-hydrogen) atoms. The number of nitrogens with zero attached hydrogens (tertiary/aromatic N) is 9. The number of benzene rings is 1. The van der Waals surface area contributed by atoms with Gasteiger partial charge < -0.3 is 40.0 Å². The van der Waals surface area contributed by atoms with Gasteiger partial charge in [0.1, 0.15) is 11.0 Å². The van der Waals surface area contributed by atoms with Gasteiger partial charge in [-0.25, -0.2) is 9.97 Å². The molecule has 6 heterocycles. The lowest BCUT2D eigenvalue weighted by molar-refractivity contribution is 0.247. The highest BCUT2D eigenvalue weighted by atomic mass is 35.5. The van der Waals surface area contributed by atoms with E-state index in [1.807, 2.05) is 23.5 Å². The largest absolute Gasteiger partial charge is 0.395 e. The zero-order valence-electron chi connectivity index (χ0n) is 31.0. The van der Waals surface area contributed by atoms with Crippen LogP contribution in [0.4, 0.5) is 23.5 Å². The number of aromatic nitrogens is 4. The SMILES string of the molecule is Cl.Clc1ccccc1CN1CCc2sccc2C1.OCCN(CCO)c1nc(N2CCCCC2)c2nc(N(CCO)CCO)nc(N3CCCCC3)c2n1. The molecule has 0 atom stereocenters. The minimum Gasteiger partial charge on any atom is -0.395 e. The highest BCUT2D eigenvalue weighted by molar-refractivity contribution is 7.10. The number of aliphatic hydroxyl groups is 4. The number of hydrogen-bond donors (Lipinski definition) is 4. The van der Waals surface area contributed by atoms with Crippen LogP contribution >= 0.6 is 35.3 Å². The Bertz CT molecular complexity index is 1650. The fourth-order valence-electron chi connectivity index (χ4n) is 7.31. The van der Waals surface area contributed by atoms with Gasteiger partial charge in [0.15, 0.2) is 11.6 Å². The van der Waals surface area contributed by atoms with Gasteiger partial charge in [0.05, 0.1) is 26.4 Å². The monoisotopic (exact) mass is 803 g/mol. The first-order valence-corrected chi connectivity index (χ1v) is 20.3. The Labute approximate surface area is 333 Å². The van der Waals surface area contributed by atoms with Gasteiger partial charge in [-0.1, -0.05) is 29.8 Å². The minimum atomic E-state index is -0.0772. The van der Waals surface area contributed by atoms with Crippen molar-refractivity contribution in [3.05, 3.63) is 56.7 Å². The van der Waals surface area contributed by atoms with E-state index in [-0.39, 0.29) is 38.8 Å². The predicted molar refractivity (Wildman–Crippen MR) is 221 cm³/mol. The van der Waals surface area contributed by atoms with E-state index in [0.29, 0.717) is 49.1 Å². The Morgan fingerprint density at radius 2 is 1.15 bits per heavy atom. The van der Waals surface area contributed by atoms with E-state index in [2.05, 4.69) is 38.3 Å². The summed E-state index contributed by atoms with van der Waals surface area (Å²) in [7, 11) is 0. The Kier molecular flexibility index (Phi) is 16.6. The van der Waals surface area contributed by atoms with Crippen LogP contribution in [0.1, 0.15) is 54.5 Å². The molecule has 2 fully saturated rings. The number of hydrogen-bond acceptors (Lipinski definition) is 14. The summed E-state index contributed by atoms with van der Waals surface area (Å²) in [5, 5.41) is 41.7. The van der Waals surface area contributed by atoms with Gasteiger partial charge in [0, 0.05) is 81.9 Å². The summed E-state index contributed by atoms with van der Waals surface area (Å²) in [5.74, 6) is 2.35. The maximum Gasteiger partial charge on any atom is 0.228 e. The van der Waals surface area contributed by atoms with Crippen LogP contribution in [0.2, 0.25) is 5.02 Å². The minimum absolute atomic E-state index is 0. The van der Waals surface area contributed by atoms with E-state index in [1.165, 1.54) is 30.4 Å². The van der Waals surface area contributed by atoms with Gasteiger partial charge in [-0.05, 0) is 73.6 Å². The molecule has 13 nitrogen and oxygen atoms in total. The van der Waals surface area contributed by atoms with Crippen molar-refractivity contribution in [1.29, 1.82) is 0 Å². The third-order valence-corrected chi connectivity index (χ3v) is 11.5. The lowest BCUT2D eigenvalue weighted by atomic mass is 10.1. The first-order chi connectivity index (χ1) is 26.0. The number of aliphatic hydroxyl groups excluding tert-OH is 4. The first kappa shape index (κ1) is 42.1. The second kappa shape index (κ2) is 21.3. The molecule has 0 saturated carbocycles. The van der Waals surface area contributed by atoms with Crippen molar-refractivity contribution < 1.29 is 20.4 Å². The molecule has 1 aromatic carbocycles. The summed E-state index contributed by atoms with van der Waals surface area (Å²) in [6.07, 6.45) is 7.79. The molecule has 0 amide bonds. The third-order valence-electron chi connectivity index (χ3n) is 10.1. The Morgan fingerprint density at radius 3 is 1.63 bits per heavy atom. The smallest absolute Gasteiger partial charge is 0.228 e. The Balaban J connectivity index is 0.000000259. The average Bonchev–Trinajstić information content (AvgIpc) is 3.67. The molecule has 3 aliphatic heterocycles. The summed E-state index contributed by atoms with van der Waals surface area (Å²) in [6, 6.07) is 10.4. The number of piperidine rings is 2. The number of fused-ring (bicyclic) bond motifs is 2. The highest BCUT2D eigenvalue weighted by Crippen LogP contribution is 2.35. The van der Waals surface area contributed by atoms with Crippen molar-refractivity contribution in [2.24, 2.45) is 0 Å². The second-order valence-corrected chi connectivity index (χ2v) is 15.2. The molecule has 2 saturated heterocycles. The van der Waals surface area contributed by atoms with Gasteiger partial charge in [0.25, 0.3) is 0 Å². The van der Waals surface area contributed by atoms with Crippen molar-refractivity contribution in [3.8, 4) is 0 Å². The molecular weight excluding hydrogens is 749 g/mol. The lowest BCUT2D eigenvalue weighted by Crippen LogP contribution is -2.36. The molecule has 7 rings (SSSR count). The van der Waals surface area contributed by atoms with Crippen LogP contribution in [0, 0.1) is 0 Å². The molecule has 296 valence electrons. The van der Waals surface area contributed by atoms with Crippen LogP contribution < -0.4 is 19.6 Å². The molecular formula is C38H55Cl2N9O4S. The average molecular weight is 805 g/mol. The lowest BCUT2D eigenvalue weighted by Gasteiger charge is -2.33. The fourth-order valence-corrected chi connectivity index (χ4v) is 8.40. The topological polar surface area (TPSA) is 149 Å². The van der Waals surface area contributed by atoms with Gasteiger partial charge >= 0.3 is 0 Å². The Hall–Kier alpha value is -3.08. The van der Waals surface area contributed by atoms with Gasteiger partial charge in [-0.2, -0.15) is 9.97 Å². The van der Waals surface area contributed by atoms with E-state index in [9.17, 15) is 20.4 Å². The van der Waals surface area contributed by atoms with Crippen molar-refractivity contribution in [1.82, 2.24) is 24.8 Å². The zero-order valence-corrected chi connectivity index (χ0v) is 33.4. The molecule has 4 aromatic rings. The van der Waals surface area contributed by atoms with Crippen molar-refractivity contribution >= 4 is 69.9 Å².